The number of carbonyl (C=O) groups excluding carboxylic acids is 1. The van der Waals surface area contributed by atoms with Gasteiger partial charge in [-0.1, -0.05) is 5.92 Å². The summed E-state index contributed by atoms with van der Waals surface area (Å²) in [5.41, 5.74) is 5.09. The third kappa shape index (κ3) is 2.23. The average Bonchev–Trinajstić information content (AvgIpc) is 2.28. The van der Waals surface area contributed by atoms with Gasteiger partial charge in [-0.2, -0.15) is 0 Å². The average molecular weight is 223 g/mol. The summed E-state index contributed by atoms with van der Waals surface area (Å²) in [4.78, 5) is 11.2. The molecule has 5 heteroatoms. The van der Waals surface area contributed by atoms with E-state index in [1.807, 2.05) is 0 Å². The van der Waals surface area contributed by atoms with Gasteiger partial charge in [-0.05, 0) is 12.1 Å². The Morgan fingerprint density at radius 2 is 2.31 bits per heavy atom. The number of ether oxygens (including phenoxy) is 2. The maximum absolute atomic E-state index is 13.3. The lowest BCUT2D eigenvalue weighted by Crippen LogP contribution is -2.10. The van der Waals surface area contributed by atoms with Crippen LogP contribution in [-0.2, 0) is 4.74 Å². The van der Waals surface area contributed by atoms with Crippen LogP contribution >= 0.6 is 0 Å². The van der Waals surface area contributed by atoms with Crippen molar-refractivity contribution in [2.45, 2.75) is 0 Å². The lowest BCUT2D eigenvalue weighted by molar-refractivity contribution is 0.0596. The first kappa shape index (κ1) is 11.9. The standard InChI is InChI=1S/C11H10FNO3/c1-3-6-16-8-5-4-7(12)9(10(8)13)11(14)15-2/h1,4-5H,6,13H2,2H3. The molecule has 0 aromatic heterocycles. The van der Waals surface area contributed by atoms with Crippen LogP contribution in [0.4, 0.5) is 10.1 Å². The molecule has 1 rings (SSSR count). The molecule has 0 saturated heterocycles. The van der Waals surface area contributed by atoms with Crippen LogP contribution in [0.1, 0.15) is 10.4 Å². The van der Waals surface area contributed by atoms with Gasteiger partial charge in [0.1, 0.15) is 23.7 Å². The molecule has 0 saturated carbocycles. The molecule has 1 aromatic rings. The highest BCUT2D eigenvalue weighted by atomic mass is 19.1. The maximum Gasteiger partial charge on any atom is 0.343 e. The van der Waals surface area contributed by atoms with E-state index in [0.717, 1.165) is 13.2 Å². The summed E-state index contributed by atoms with van der Waals surface area (Å²) in [5.74, 6) is 0.759. The quantitative estimate of drug-likeness (QED) is 0.475. The van der Waals surface area contributed by atoms with Crippen molar-refractivity contribution in [3.63, 3.8) is 0 Å². The van der Waals surface area contributed by atoms with Gasteiger partial charge in [-0.3, -0.25) is 0 Å². The Bertz CT molecular complexity index is 451. The smallest absolute Gasteiger partial charge is 0.343 e. The van der Waals surface area contributed by atoms with E-state index in [1.165, 1.54) is 6.07 Å². The van der Waals surface area contributed by atoms with Gasteiger partial charge < -0.3 is 15.2 Å². The van der Waals surface area contributed by atoms with Crippen molar-refractivity contribution in [3.05, 3.63) is 23.5 Å². The predicted molar refractivity (Wildman–Crippen MR) is 56.5 cm³/mol. The van der Waals surface area contributed by atoms with Gasteiger partial charge in [0.2, 0.25) is 0 Å². The molecule has 0 atom stereocenters. The molecule has 0 unspecified atom stereocenters. The molecular weight excluding hydrogens is 213 g/mol. The van der Waals surface area contributed by atoms with E-state index < -0.39 is 11.8 Å². The number of esters is 1. The Hall–Kier alpha value is -2.22. The molecule has 84 valence electrons. The molecule has 2 N–H and O–H groups in total. The number of anilines is 1. The van der Waals surface area contributed by atoms with Gasteiger partial charge in [-0.25, -0.2) is 9.18 Å². The highest BCUT2D eigenvalue weighted by Crippen LogP contribution is 2.28. The van der Waals surface area contributed by atoms with Crippen molar-refractivity contribution in [3.8, 4) is 18.1 Å². The summed E-state index contributed by atoms with van der Waals surface area (Å²) in [5, 5.41) is 0. The van der Waals surface area contributed by atoms with Crippen molar-refractivity contribution in [1.82, 2.24) is 0 Å². The van der Waals surface area contributed by atoms with Gasteiger partial charge in [0.15, 0.2) is 0 Å². The third-order valence-electron chi connectivity index (χ3n) is 1.86. The summed E-state index contributed by atoms with van der Waals surface area (Å²) in [6, 6.07) is 2.36. The third-order valence-corrected chi connectivity index (χ3v) is 1.86. The molecule has 0 amide bonds. The summed E-state index contributed by atoms with van der Waals surface area (Å²) in [6.45, 7) is -0.0174. The van der Waals surface area contributed by atoms with Crippen LogP contribution in [-0.4, -0.2) is 19.7 Å². The number of rotatable bonds is 3. The number of nitrogens with two attached hydrogens (primary N) is 1. The zero-order chi connectivity index (χ0) is 12.1. The molecule has 4 nitrogen and oxygen atoms in total. The molecule has 0 spiro atoms. The van der Waals surface area contributed by atoms with Gasteiger partial charge >= 0.3 is 5.97 Å². The van der Waals surface area contributed by atoms with Crippen LogP contribution in [0.15, 0.2) is 12.1 Å². The van der Waals surface area contributed by atoms with Crippen LogP contribution in [0, 0.1) is 18.2 Å². The Kier molecular flexibility index (Phi) is 3.72. The SMILES string of the molecule is C#CCOc1ccc(F)c(C(=O)OC)c1N. The first-order valence-electron chi connectivity index (χ1n) is 4.34. The number of halogens is 1. The number of methoxy groups -OCH3 is 1. The highest BCUT2D eigenvalue weighted by Gasteiger charge is 2.19. The molecule has 0 heterocycles. The van der Waals surface area contributed by atoms with E-state index in [9.17, 15) is 9.18 Å². The second kappa shape index (κ2) is 5.03. The minimum atomic E-state index is -0.860. The maximum atomic E-state index is 13.3. The van der Waals surface area contributed by atoms with Crippen LogP contribution < -0.4 is 10.5 Å². The van der Waals surface area contributed by atoms with Crippen molar-refractivity contribution in [2.75, 3.05) is 19.5 Å². The van der Waals surface area contributed by atoms with E-state index >= 15 is 0 Å². The number of nitrogen functional groups attached to an aromatic ring is 1. The lowest BCUT2D eigenvalue weighted by atomic mass is 10.1. The minimum absolute atomic E-state index is 0.0174. The number of hydrogen-bond acceptors (Lipinski definition) is 4. The monoisotopic (exact) mass is 223 g/mol. The predicted octanol–water partition coefficient (Wildman–Crippen LogP) is 1.21. The largest absolute Gasteiger partial charge is 0.479 e. The Morgan fingerprint density at radius 1 is 1.62 bits per heavy atom. The molecule has 1 aromatic carbocycles. The fourth-order valence-electron chi connectivity index (χ4n) is 1.13. The first-order valence-corrected chi connectivity index (χ1v) is 4.34. The molecule has 0 radical (unpaired) electrons. The Morgan fingerprint density at radius 3 is 2.88 bits per heavy atom. The molecular formula is C11H10FNO3. The van der Waals surface area contributed by atoms with Gasteiger partial charge in [0, 0.05) is 0 Å². The minimum Gasteiger partial charge on any atom is -0.479 e. The molecule has 16 heavy (non-hydrogen) atoms. The van der Waals surface area contributed by atoms with Crippen molar-refractivity contribution < 1.29 is 18.7 Å². The molecule has 0 bridgehead atoms. The zero-order valence-corrected chi connectivity index (χ0v) is 8.62. The van der Waals surface area contributed by atoms with Crippen LogP contribution in [0.3, 0.4) is 0 Å². The normalized spacial score (nSPS) is 9.31. The van der Waals surface area contributed by atoms with E-state index in [0.29, 0.717) is 0 Å². The molecule has 0 aliphatic rings. The number of terminal acetylenes is 1. The van der Waals surface area contributed by atoms with E-state index in [2.05, 4.69) is 10.7 Å². The zero-order valence-electron chi connectivity index (χ0n) is 8.62. The van der Waals surface area contributed by atoms with Gasteiger partial charge in [0.25, 0.3) is 0 Å². The van der Waals surface area contributed by atoms with Crippen molar-refractivity contribution >= 4 is 11.7 Å². The van der Waals surface area contributed by atoms with E-state index in [-0.39, 0.29) is 23.6 Å². The molecule has 0 aliphatic carbocycles. The molecule has 0 fully saturated rings. The summed E-state index contributed by atoms with van der Waals surface area (Å²) in [7, 11) is 1.14. The molecule has 0 aliphatic heterocycles. The number of hydrogen-bond donors (Lipinski definition) is 1. The lowest BCUT2D eigenvalue weighted by Gasteiger charge is -2.10. The summed E-state index contributed by atoms with van der Waals surface area (Å²) in [6.07, 6.45) is 5.00. The van der Waals surface area contributed by atoms with Gasteiger partial charge in [-0.15, -0.1) is 6.42 Å². The topological polar surface area (TPSA) is 61.5 Å². The van der Waals surface area contributed by atoms with Crippen LogP contribution in [0.25, 0.3) is 0 Å². The van der Waals surface area contributed by atoms with Gasteiger partial charge in [0.05, 0.1) is 12.8 Å². The number of benzene rings is 1. The van der Waals surface area contributed by atoms with E-state index in [1.54, 1.807) is 0 Å². The second-order valence-electron chi connectivity index (χ2n) is 2.82. The Balaban J connectivity index is 3.17. The fourth-order valence-corrected chi connectivity index (χ4v) is 1.13. The Labute approximate surface area is 92.1 Å². The first-order chi connectivity index (χ1) is 7.61. The fraction of sp³-hybridized carbons (Fsp3) is 0.182. The number of carbonyl (C=O) groups is 1. The van der Waals surface area contributed by atoms with Crippen molar-refractivity contribution in [2.24, 2.45) is 0 Å². The summed E-state index contributed by atoms with van der Waals surface area (Å²) >= 11 is 0. The second-order valence-corrected chi connectivity index (χ2v) is 2.82. The van der Waals surface area contributed by atoms with Crippen LogP contribution in [0.2, 0.25) is 0 Å². The summed E-state index contributed by atoms with van der Waals surface area (Å²) < 4.78 is 22.8. The van der Waals surface area contributed by atoms with E-state index in [4.69, 9.17) is 16.9 Å². The highest BCUT2D eigenvalue weighted by molar-refractivity contribution is 5.96. The van der Waals surface area contributed by atoms with Crippen molar-refractivity contribution in [1.29, 1.82) is 0 Å². The van der Waals surface area contributed by atoms with Crippen LogP contribution in [0.5, 0.6) is 5.75 Å².